The molecule has 72 valence electrons. The van der Waals surface area contributed by atoms with Gasteiger partial charge in [0.2, 0.25) is 0 Å². The average molecular weight is 203 g/mol. The van der Waals surface area contributed by atoms with Crippen molar-refractivity contribution in [2.24, 2.45) is 5.84 Å². The Kier molecular flexibility index (Phi) is 4.23. The van der Waals surface area contributed by atoms with Crippen molar-refractivity contribution in [3.63, 3.8) is 0 Å². The van der Waals surface area contributed by atoms with Gasteiger partial charge in [-0.2, -0.15) is 0 Å². The van der Waals surface area contributed by atoms with Crippen molar-refractivity contribution in [1.82, 2.24) is 0 Å². The molecule has 0 radical (unpaired) electrons. The highest BCUT2D eigenvalue weighted by Gasteiger charge is 2.06. The molecule has 1 aromatic rings. The second-order valence-corrected chi connectivity index (χ2v) is 2.48. The highest BCUT2D eigenvalue weighted by molar-refractivity contribution is 5.90. The molecule has 0 fully saturated rings. The second-order valence-electron chi connectivity index (χ2n) is 2.48. The number of carbonyl (C=O) groups is 1. The van der Waals surface area contributed by atoms with E-state index in [0.29, 0.717) is 5.69 Å². The van der Waals surface area contributed by atoms with Gasteiger partial charge in [-0.15, -0.1) is 12.4 Å². The minimum Gasteiger partial charge on any atom is -0.478 e. The van der Waals surface area contributed by atoms with E-state index >= 15 is 0 Å². The van der Waals surface area contributed by atoms with Crippen LogP contribution in [0.4, 0.5) is 5.69 Å². The van der Waals surface area contributed by atoms with Gasteiger partial charge in [0, 0.05) is 5.69 Å². The molecule has 0 saturated carbocycles. The van der Waals surface area contributed by atoms with E-state index in [1.165, 1.54) is 6.07 Å². The molecule has 4 nitrogen and oxygen atoms in total. The molecule has 0 aliphatic carbocycles. The summed E-state index contributed by atoms with van der Waals surface area (Å²) in [7, 11) is 0. The molecule has 0 spiro atoms. The van der Waals surface area contributed by atoms with Crippen LogP contribution in [-0.4, -0.2) is 11.1 Å². The normalized spacial score (nSPS) is 8.77. The number of hydrogen-bond donors (Lipinski definition) is 3. The van der Waals surface area contributed by atoms with Gasteiger partial charge in [0.1, 0.15) is 0 Å². The summed E-state index contributed by atoms with van der Waals surface area (Å²) in [6, 6.07) is 4.93. The predicted octanol–water partition coefficient (Wildman–Crippen LogP) is 1.40. The van der Waals surface area contributed by atoms with Crippen LogP contribution in [-0.2, 0) is 0 Å². The zero-order valence-corrected chi connectivity index (χ0v) is 7.89. The zero-order chi connectivity index (χ0) is 9.14. The number of rotatable bonds is 2. The maximum absolute atomic E-state index is 10.6. The van der Waals surface area contributed by atoms with E-state index in [-0.39, 0.29) is 18.0 Å². The van der Waals surface area contributed by atoms with E-state index in [2.05, 4.69) is 5.43 Å². The standard InChI is InChI=1S/C8H10N2O2.ClH/c1-5-2-3-6(10-9)4-7(5)8(11)12;/h2-4,10H,9H2,1H3,(H,11,12);1H. The third kappa shape index (κ3) is 2.61. The van der Waals surface area contributed by atoms with Gasteiger partial charge in [-0.3, -0.25) is 5.84 Å². The highest BCUT2D eigenvalue weighted by Crippen LogP contribution is 2.13. The Labute approximate surface area is 82.1 Å². The first-order valence-corrected chi connectivity index (χ1v) is 3.45. The van der Waals surface area contributed by atoms with Crippen LogP contribution in [0.3, 0.4) is 0 Å². The van der Waals surface area contributed by atoms with Gasteiger partial charge in [-0.25, -0.2) is 4.79 Å². The molecule has 0 atom stereocenters. The topological polar surface area (TPSA) is 75.3 Å². The molecular formula is C8H11ClN2O2. The summed E-state index contributed by atoms with van der Waals surface area (Å²) in [6.07, 6.45) is 0. The van der Waals surface area contributed by atoms with E-state index in [1.54, 1.807) is 19.1 Å². The van der Waals surface area contributed by atoms with E-state index in [9.17, 15) is 4.79 Å². The van der Waals surface area contributed by atoms with Gasteiger partial charge in [0.25, 0.3) is 0 Å². The fraction of sp³-hybridized carbons (Fsp3) is 0.125. The van der Waals surface area contributed by atoms with Crippen molar-refractivity contribution in [2.45, 2.75) is 6.92 Å². The number of halogens is 1. The van der Waals surface area contributed by atoms with Crippen molar-refractivity contribution in [1.29, 1.82) is 0 Å². The Balaban J connectivity index is 0.00000144. The number of benzene rings is 1. The minimum absolute atomic E-state index is 0. The summed E-state index contributed by atoms with van der Waals surface area (Å²) in [5.74, 6) is 4.19. The molecule has 5 heteroatoms. The van der Waals surface area contributed by atoms with E-state index in [4.69, 9.17) is 10.9 Å². The van der Waals surface area contributed by atoms with Crippen molar-refractivity contribution >= 4 is 24.1 Å². The van der Waals surface area contributed by atoms with Crippen LogP contribution in [0.1, 0.15) is 15.9 Å². The maximum Gasteiger partial charge on any atom is 0.336 e. The summed E-state index contributed by atoms with van der Waals surface area (Å²) in [4.78, 5) is 10.6. The molecule has 0 aromatic heterocycles. The molecule has 0 aliphatic rings. The van der Waals surface area contributed by atoms with E-state index < -0.39 is 5.97 Å². The smallest absolute Gasteiger partial charge is 0.336 e. The van der Waals surface area contributed by atoms with Crippen LogP contribution >= 0.6 is 12.4 Å². The number of aryl methyl sites for hydroxylation is 1. The number of nitrogen functional groups attached to an aromatic ring is 1. The number of hydrogen-bond acceptors (Lipinski definition) is 3. The first-order valence-electron chi connectivity index (χ1n) is 3.45. The number of aromatic carboxylic acids is 1. The quantitative estimate of drug-likeness (QED) is 0.501. The summed E-state index contributed by atoms with van der Waals surface area (Å²) in [6.45, 7) is 1.74. The van der Waals surface area contributed by atoms with Crippen molar-refractivity contribution in [2.75, 3.05) is 5.43 Å². The Morgan fingerprint density at radius 1 is 1.54 bits per heavy atom. The minimum atomic E-state index is -0.940. The lowest BCUT2D eigenvalue weighted by Crippen LogP contribution is -2.08. The van der Waals surface area contributed by atoms with Crippen molar-refractivity contribution in [3.8, 4) is 0 Å². The van der Waals surface area contributed by atoms with Crippen molar-refractivity contribution in [3.05, 3.63) is 29.3 Å². The number of anilines is 1. The summed E-state index contributed by atoms with van der Waals surface area (Å²) in [5, 5.41) is 8.72. The fourth-order valence-electron chi connectivity index (χ4n) is 0.942. The Morgan fingerprint density at radius 2 is 2.15 bits per heavy atom. The molecule has 0 heterocycles. The first-order chi connectivity index (χ1) is 5.65. The third-order valence-electron chi connectivity index (χ3n) is 1.63. The van der Waals surface area contributed by atoms with Gasteiger partial charge in [-0.05, 0) is 24.6 Å². The fourth-order valence-corrected chi connectivity index (χ4v) is 0.942. The SMILES string of the molecule is Cc1ccc(NN)cc1C(=O)O.Cl. The molecule has 0 bridgehead atoms. The number of nitrogens with one attached hydrogen (secondary N) is 1. The lowest BCUT2D eigenvalue weighted by Gasteiger charge is -2.03. The zero-order valence-electron chi connectivity index (χ0n) is 7.07. The highest BCUT2D eigenvalue weighted by atomic mass is 35.5. The van der Waals surface area contributed by atoms with Gasteiger partial charge in [0.05, 0.1) is 5.56 Å². The molecule has 1 aromatic carbocycles. The Morgan fingerprint density at radius 3 is 2.62 bits per heavy atom. The van der Waals surface area contributed by atoms with E-state index in [0.717, 1.165) is 5.56 Å². The largest absolute Gasteiger partial charge is 0.478 e. The monoisotopic (exact) mass is 202 g/mol. The Hall–Kier alpha value is -1.26. The molecule has 0 amide bonds. The van der Waals surface area contributed by atoms with Crippen LogP contribution in [0.2, 0.25) is 0 Å². The molecular weight excluding hydrogens is 192 g/mol. The van der Waals surface area contributed by atoms with Crippen LogP contribution in [0, 0.1) is 6.92 Å². The molecule has 0 aliphatic heterocycles. The molecule has 0 saturated heterocycles. The maximum atomic E-state index is 10.6. The Bertz CT molecular complexity index is 315. The van der Waals surface area contributed by atoms with Crippen LogP contribution < -0.4 is 11.3 Å². The van der Waals surface area contributed by atoms with Crippen LogP contribution in [0.25, 0.3) is 0 Å². The third-order valence-corrected chi connectivity index (χ3v) is 1.63. The number of carboxylic acids is 1. The van der Waals surface area contributed by atoms with Gasteiger partial charge < -0.3 is 10.5 Å². The lowest BCUT2D eigenvalue weighted by molar-refractivity contribution is 0.0696. The molecule has 4 N–H and O–H groups in total. The van der Waals surface area contributed by atoms with Gasteiger partial charge >= 0.3 is 5.97 Å². The van der Waals surface area contributed by atoms with Gasteiger partial charge in [-0.1, -0.05) is 6.07 Å². The summed E-state index contributed by atoms with van der Waals surface area (Å²) < 4.78 is 0. The van der Waals surface area contributed by atoms with Crippen molar-refractivity contribution < 1.29 is 9.90 Å². The predicted molar refractivity (Wildman–Crippen MR) is 53.2 cm³/mol. The lowest BCUT2D eigenvalue weighted by atomic mass is 10.1. The molecule has 0 unspecified atom stereocenters. The summed E-state index contributed by atoms with van der Waals surface area (Å²) in [5.41, 5.74) is 3.97. The number of carboxylic acid groups (broad SMARTS) is 1. The molecule has 1 rings (SSSR count). The van der Waals surface area contributed by atoms with Crippen LogP contribution in [0.5, 0.6) is 0 Å². The number of nitrogens with two attached hydrogens (primary N) is 1. The first kappa shape index (κ1) is 11.7. The number of hydrazine groups is 1. The van der Waals surface area contributed by atoms with Crippen LogP contribution in [0.15, 0.2) is 18.2 Å². The summed E-state index contributed by atoms with van der Waals surface area (Å²) >= 11 is 0. The second kappa shape index (κ2) is 4.69. The average Bonchev–Trinajstić information content (AvgIpc) is 2.05. The molecule has 13 heavy (non-hydrogen) atoms. The van der Waals surface area contributed by atoms with Gasteiger partial charge in [0.15, 0.2) is 0 Å². The van der Waals surface area contributed by atoms with E-state index in [1.807, 2.05) is 0 Å².